The van der Waals surface area contributed by atoms with Crippen molar-refractivity contribution in [2.45, 2.75) is 23.6 Å². The molecule has 0 spiro atoms. The van der Waals surface area contributed by atoms with Crippen molar-refractivity contribution < 1.29 is 22.7 Å². The monoisotopic (exact) mass is 497 g/mol. The lowest BCUT2D eigenvalue weighted by molar-refractivity contribution is -0.120. The molecule has 0 saturated carbocycles. The summed E-state index contributed by atoms with van der Waals surface area (Å²) in [4.78, 5) is 27.5. The molecule has 172 valence electrons. The Morgan fingerprint density at radius 1 is 1.22 bits per heavy atom. The van der Waals surface area contributed by atoms with Gasteiger partial charge in [0.2, 0.25) is 21.8 Å². The Morgan fingerprint density at radius 3 is 2.59 bits per heavy atom. The summed E-state index contributed by atoms with van der Waals surface area (Å²) in [6.07, 6.45) is 0. The lowest BCUT2D eigenvalue weighted by Crippen LogP contribution is -2.41. The third-order valence-corrected chi connectivity index (χ3v) is 8.28. The molecule has 0 atom stereocenters. The first-order valence-corrected chi connectivity index (χ1v) is 12.7. The lowest BCUT2D eigenvalue weighted by atomic mass is 10.2. The van der Waals surface area contributed by atoms with E-state index in [1.807, 2.05) is 0 Å². The van der Waals surface area contributed by atoms with Gasteiger partial charge in [0.15, 0.2) is 0 Å². The van der Waals surface area contributed by atoms with E-state index in [4.69, 9.17) is 16.3 Å². The molecule has 0 aromatic heterocycles. The van der Waals surface area contributed by atoms with Crippen molar-refractivity contribution >= 4 is 56.6 Å². The number of anilines is 2. The van der Waals surface area contributed by atoms with Crippen molar-refractivity contribution in [1.29, 1.82) is 0 Å². The zero-order chi connectivity index (χ0) is 23.5. The van der Waals surface area contributed by atoms with Gasteiger partial charge in [-0.15, -0.1) is 11.8 Å². The summed E-state index contributed by atoms with van der Waals surface area (Å²) in [6, 6.07) is 9.48. The molecule has 2 aromatic carbocycles. The quantitative estimate of drug-likeness (QED) is 0.600. The molecule has 1 heterocycles. The van der Waals surface area contributed by atoms with Crippen LogP contribution in [0.15, 0.2) is 46.2 Å². The molecule has 0 unspecified atom stereocenters. The van der Waals surface area contributed by atoms with Crippen LogP contribution in [0.3, 0.4) is 0 Å². The molecule has 0 saturated heterocycles. The summed E-state index contributed by atoms with van der Waals surface area (Å²) in [5, 5.41) is 3.13. The minimum absolute atomic E-state index is 0.0807. The van der Waals surface area contributed by atoms with Crippen LogP contribution in [-0.2, 0) is 19.6 Å². The summed E-state index contributed by atoms with van der Waals surface area (Å²) in [6.45, 7) is 3.91. The molecule has 1 aliphatic rings. The van der Waals surface area contributed by atoms with Gasteiger partial charge >= 0.3 is 0 Å². The maximum absolute atomic E-state index is 12.9. The van der Waals surface area contributed by atoms with E-state index >= 15 is 0 Å². The van der Waals surface area contributed by atoms with Gasteiger partial charge in [-0.3, -0.25) is 9.59 Å². The predicted molar refractivity (Wildman–Crippen MR) is 126 cm³/mol. The zero-order valence-corrected chi connectivity index (χ0v) is 20.3. The molecule has 0 radical (unpaired) electrons. The molecule has 1 N–H and O–H groups in total. The number of carbonyl (C=O) groups excluding carboxylic acids is 2. The van der Waals surface area contributed by atoms with Crippen molar-refractivity contribution in [2.75, 3.05) is 42.7 Å². The molecule has 8 nitrogen and oxygen atoms in total. The number of nitrogens with zero attached hydrogens (tertiary/aromatic N) is 2. The van der Waals surface area contributed by atoms with Gasteiger partial charge in [-0.05, 0) is 36.4 Å². The highest BCUT2D eigenvalue weighted by Gasteiger charge is 2.30. The first-order valence-electron chi connectivity index (χ1n) is 9.92. The van der Waals surface area contributed by atoms with Gasteiger partial charge in [0.05, 0.1) is 29.1 Å². The third-order valence-electron chi connectivity index (χ3n) is 4.95. The third kappa shape index (κ3) is 5.03. The summed E-state index contributed by atoms with van der Waals surface area (Å²) >= 11 is 7.32. The van der Waals surface area contributed by atoms with Crippen LogP contribution < -0.4 is 15.0 Å². The largest absolute Gasteiger partial charge is 0.495 e. The fraction of sp³-hybridized carbons (Fsp3) is 0.333. The van der Waals surface area contributed by atoms with Crippen LogP contribution in [0, 0.1) is 0 Å². The minimum atomic E-state index is -3.71. The van der Waals surface area contributed by atoms with Crippen molar-refractivity contribution in [3.05, 3.63) is 41.4 Å². The maximum Gasteiger partial charge on any atom is 0.244 e. The fourth-order valence-electron chi connectivity index (χ4n) is 3.34. The molecule has 2 amide bonds. The molecule has 0 fully saturated rings. The second-order valence-electron chi connectivity index (χ2n) is 6.88. The van der Waals surface area contributed by atoms with Gasteiger partial charge in [-0.1, -0.05) is 25.4 Å². The number of ether oxygens (including phenoxy) is 1. The average Bonchev–Trinajstić information content (AvgIpc) is 2.76. The average molecular weight is 498 g/mol. The first-order chi connectivity index (χ1) is 15.2. The highest BCUT2D eigenvalue weighted by atomic mass is 35.5. The predicted octanol–water partition coefficient (Wildman–Crippen LogP) is 3.46. The van der Waals surface area contributed by atoms with Gasteiger partial charge < -0.3 is 15.0 Å². The number of hydrogen-bond donors (Lipinski definition) is 1. The number of fused-ring (bicyclic) bond motifs is 1. The van der Waals surface area contributed by atoms with E-state index in [2.05, 4.69) is 5.32 Å². The van der Waals surface area contributed by atoms with E-state index in [1.54, 1.807) is 38.1 Å². The Kier molecular flexibility index (Phi) is 7.71. The Bertz CT molecular complexity index is 1140. The topological polar surface area (TPSA) is 96.0 Å². The smallest absolute Gasteiger partial charge is 0.244 e. The number of sulfonamides is 1. The van der Waals surface area contributed by atoms with Crippen molar-refractivity contribution in [1.82, 2.24) is 4.31 Å². The number of rotatable bonds is 8. The molecule has 11 heteroatoms. The zero-order valence-electron chi connectivity index (χ0n) is 17.9. The van der Waals surface area contributed by atoms with Crippen LogP contribution in [0.2, 0.25) is 5.02 Å². The molecular weight excluding hydrogens is 474 g/mol. The Morgan fingerprint density at radius 2 is 1.94 bits per heavy atom. The SMILES string of the molecule is CCN(CC)S(=O)(=O)c1ccc2c(c1)N(CC(=O)Nc1cc(Cl)ccc1OC)C(=O)CS2. The van der Waals surface area contributed by atoms with Crippen LogP contribution in [0.1, 0.15) is 13.8 Å². The van der Waals surface area contributed by atoms with Crippen LogP contribution in [0.5, 0.6) is 5.75 Å². The van der Waals surface area contributed by atoms with E-state index in [9.17, 15) is 18.0 Å². The summed E-state index contributed by atoms with van der Waals surface area (Å²) in [5.74, 6) is -0.165. The number of benzene rings is 2. The number of nitrogens with one attached hydrogen (secondary N) is 1. The van der Waals surface area contributed by atoms with E-state index < -0.39 is 15.9 Å². The van der Waals surface area contributed by atoms with E-state index in [0.29, 0.717) is 35.2 Å². The second-order valence-corrected chi connectivity index (χ2v) is 10.3. The van der Waals surface area contributed by atoms with Crippen LogP contribution >= 0.6 is 23.4 Å². The van der Waals surface area contributed by atoms with Gasteiger partial charge in [0.1, 0.15) is 12.3 Å². The van der Waals surface area contributed by atoms with Crippen molar-refractivity contribution in [3.63, 3.8) is 0 Å². The minimum Gasteiger partial charge on any atom is -0.495 e. The van der Waals surface area contributed by atoms with E-state index in [0.717, 1.165) is 4.90 Å². The van der Waals surface area contributed by atoms with Crippen LogP contribution in [0.25, 0.3) is 0 Å². The van der Waals surface area contributed by atoms with E-state index in [-0.39, 0.29) is 23.1 Å². The molecule has 1 aliphatic heterocycles. The van der Waals surface area contributed by atoms with Gasteiger partial charge in [-0.25, -0.2) is 8.42 Å². The fourth-order valence-corrected chi connectivity index (χ4v) is 5.91. The molecule has 3 rings (SSSR count). The first kappa shape index (κ1) is 24.4. The molecule has 0 aliphatic carbocycles. The molecule has 0 bridgehead atoms. The number of hydrogen-bond acceptors (Lipinski definition) is 6. The number of halogens is 1. The number of carbonyl (C=O) groups is 2. The summed E-state index contributed by atoms with van der Waals surface area (Å²) in [5.41, 5.74) is 0.773. The molecule has 2 aromatic rings. The maximum atomic E-state index is 12.9. The lowest BCUT2D eigenvalue weighted by Gasteiger charge is -2.29. The van der Waals surface area contributed by atoms with Crippen LogP contribution in [-0.4, -0.2) is 57.0 Å². The summed E-state index contributed by atoms with van der Waals surface area (Å²) in [7, 11) is -2.24. The number of thioether (sulfide) groups is 1. The molecular formula is C21H24ClN3O5S2. The number of methoxy groups -OCH3 is 1. The van der Waals surface area contributed by atoms with Crippen molar-refractivity contribution in [3.8, 4) is 5.75 Å². The van der Waals surface area contributed by atoms with Gasteiger partial charge in [-0.2, -0.15) is 4.31 Å². The molecule has 32 heavy (non-hydrogen) atoms. The standard InChI is InChI=1S/C21H24ClN3O5S2/c1-4-24(5-2)32(28,29)15-7-9-19-17(11-15)25(21(27)13-31-19)12-20(26)23-16-10-14(22)6-8-18(16)30-3/h6-11H,4-5,12-13H2,1-3H3,(H,23,26). The Labute approximate surface area is 196 Å². The van der Waals surface area contributed by atoms with Crippen LogP contribution in [0.4, 0.5) is 11.4 Å². The van der Waals surface area contributed by atoms with E-state index in [1.165, 1.54) is 40.2 Å². The van der Waals surface area contributed by atoms with Crippen molar-refractivity contribution in [2.24, 2.45) is 0 Å². The second kappa shape index (κ2) is 10.1. The summed E-state index contributed by atoms with van der Waals surface area (Å²) < 4.78 is 32.5. The van der Waals surface area contributed by atoms with Gasteiger partial charge in [0, 0.05) is 23.0 Å². The highest BCUT2D eigenvalue weighted by Crippen LogP contribution is 2.37. The Balaban J connectivity index is 1.90. The normalized spacial score (nSPS) is 13.8. The number of amides is 2. The highest BCUT2D eigenvalue weighted by molar-refractivity contribution is 8.00. The van der Waals surface area contributed by atoms with Gasteiger partial charge in [0.25, 0.3) is 0 Å². The Hall–Kier alpha value is -2.27.